The number of nitrogens with zero attached hydrogens (tertiary/aromatic N) is 1. The Morgan fingerprint density at radius 2 is 1.79 bits per heavy atom. The molecule has 0 fully saturated rings. The van der Waals surface area contributed by atoms with Gasteiger partial charge in [0, 0.05) is 5.02 Å². The number of alkyl halides is 3. The second-order valence-electron chi connectivity index (χ2n) is 5.21. The molecular formula is C17H12ClF3N2O. The third-order valence-electron chi connectivity index (χ3n) is 3.54. The third kappa shape index (κ3) is 3.44. The lowest BCUT2D eigenvalue weighted by molar-refractivity contribution is -0.137. The summed E-state index contributed by atoms with van der Waals surface area (Å²) in [6.45, 7) is 0. The predicted octanol–water partition coefficient (Wildman–Crippen LogP) is 4.83. The molecule has 0 radical (unpaired) electrons. The molecule has 1 aromatic heterocycles. The van der Waals surface area contributed by atoms with E-state index in [0.717, 1.165) is 12.1 Å². The fourth-order valence-corrected chi connectivity index (χ4v) is 2.49. The zero-order chi connectivity index (χ0) is 17.3. The van der Waals surface area contributed by atoms with Gasteiger partial charge in [-0.2, -0.15) is 13.2 Å². The normalized spacial score (nSPS) is 13.0. The minimum atomic E-state index is -4.37. The molecule has 3 rings (SSSR count). The summed E-state index contributed by atoms with van der Waals surface area (Å²) in [6, 6.07) is 11.4. The van der Waals surface area contributed by atoms with Gasteiger partial charge in [0.25, 0.3) is 0 Å². The molecule has 24 heavy (non-hydrogen) atoms. The van der Waals surface area contributed by atoms with E-state index in [2.05, 4.69) is 9.97 Å². The number of H-pyrrole nitrogens is 1. The molecule has 0 aliphatic rings. The van der Waals surface area contributed by atoms with Crippen molar-refractivity contribution in [2.24, 2.45) is 0 Å². The SMILES string of the molecule is OC(c1cccc(Cl)c1)c1ncc(-c2ccc(C(F)(F)F)cc2)[nH]1. The summed E-state index contributed by atoms with van der Waals surface area (Å²) in [4.78, 5) is 7.02. The smallest absolute Gasteiger partial charge is 0.380 e. The number of benzene rings is 2. The number of aromatic amines is 1. The van der Waals surface area contributed by atoms with Crippen molar-refractivity contribution in [3.63, 3.8) is 0 Å². The van der Waals surface area contributed by atoms with Gasteiger partial charge in [0.1, 0.15) is 11.9 Å². The van der Waals surface area contributed by atoms with Gasteiger partial charge in [-0.05, 0) is 35.4 Å². The Labute approximate surface area is 140 Å². The van der Waals surface area contributed by atoms with E-state index in [0.29, 0.717) is 21.8 Å². The number of aromatic nitrogens is 2. The van der Waals surface area contributed by atoms with Gasteiger partial charge in [-0.3, -0.25) is 0 Å². The van der Waals surface area contributed by atoms with Crippen LogP contribution in [0.4, 0.5) is 13.2 Å². The van der Waals surface area contributed by atoms with E-state index in [1.54, 1.807) is 24.3 Å². The molecule has 0 saturated carbocycles. The molecule has 0 bridgehead atoms. The molecule has 3 nitrogen and oxygen atoms in total. The van der Waals surface area contributed by atoms with Crippen LogP contribution in [0.3, 0.4) is 0 Å². The van der Waals surface area contributed by atoms with E-state index in [9.17, 15) is 18.3 Å². The summed E-state index contributed by atoms with van der Waals surface area (Å²) in [6.07, 6.45) is -3.92. The number of hydrogen-bond donors (Lipinski definition) is 2. The number of halogens is 4. The molecule has 0 saturated heterocycles. The average molecular weight is 353 g/mol. The fourth-order valence-electron chi connectivity index (χ4n) is 2.30. The first-order valence-electron chi connectivity index (χ1n) is 7.00. The Morgan fingerprint density at radius 1 is 1.08 bits per heavy atom. The minimum Gasteiger partial charge on any atom is -0.380 e. The molecule has 0 spiro atoms. The monoisotopic (exact) mass is 352 g/mol. The van der Waals surface area contributed by atoms with Crippen LogP contribution in [0.2, 0.25) is 5.02 Å². The molecule has 2 aromatic carbocycles. The highest BCUT2D eigenvalue weighted by Gasteiger charge is 2.30. The lowest BCUT2D eigenvalue weighted by atomic mass is 10.1. The van der Waals surface area contributed by atoms with Crippen molar-refractivity contribution in [2.45, 2.75) is 12.3 Å². The van der Waals surface area contributed by atoms with Crippen molar-refractivity contribution in [1.82, 2.24) is 9.97 Å². The van der Waals surface area contributed by atoms with Gasteiger partial charge in [-0.25, -0.2) is 4.98 Å². The number of hydrogen-bond acceptors (Lipinski definition) is 2. The maximum atomic E-state index is 12.6. The quantitative estimate of drug-likeness (QED) is 0.709. The Hall–Kier alpha value is -2.31. The van der Waals surface area contributed by atoms with E-state index in [1.807, 2.05) is 0 Å². The Morgan fingerprint density at radius 3 is 2.42 bits per heavy atom. The second-order valence-corrected chi connectivity index (χ2v) is 5.65. The largest absolute Gasteiger partial charge is 0.416 e. The van der Waals surface area contributed by atoms with Gasteiger partial charge in [0.2, 0.25) is 0 Å². The van der Waals surface area contributed by atoms with Crippen LogP contribution in [0.1, 0.15) is 23.1 Å². The first-order chi connectivity index (χ1) is 11.3. The second kappa shape index (κ2) is 6.30. The van der Waals surface area contributed by atoms with Gasteiger partial charge in [-0.1, -0.05) is 35.9 Å². The molecule has 1 heterocycles. The van der Waals surface area contributed by atoms with Gasteiger partial charge in [0.05, 0.1) is 17.5 Å². The van der Waals surface area contributed by atoms with Crippen molar-refractivity contribution in [3.8, 4) is 11.3 Å². The third-order valence-corrected chi connectivity index (χ3v) is 3.78. The lowest BCUT2D eigenvalue weighted by Crippen LogP contribution is -2.04. The van der Waals surface area contributed by atoms with Crippen molar-refractivity contribution in [2.75, 3.05) is 0 Å². The zero-order valence-electron chi connectivity index (χ0n) is 12.2. The van der Waals surface area contributed by atoms with Gasteiger partial charge in [-0.15, -0.1) is 0 Å². The summed E-state index contributed by atoms with van der Waals surface area (Å²) in [5.41, 5.74) is 0.903. The van der Waals surface area contributed by atoms with Crippen molar-refractivity contribution >= 4 is 11.6 Å². The van der Waals surface area contributed by atoms with Crippen LogP contribution in [-0.2, 0) is 6.18 Å². The highest BCUT2D eigenvalue weighted by molar-refractivity contribution is 6.30. The molecular weight excluding hydrogens is 341 g/mol. The minimum absolute atomic E-state index is 0.284. The van der Waals surface area contributed by atoms with Crippen LogP contribution in [0.15, 0.2) is 54.7 Å². The number of rotatable bonds is 3. The first-order valence-corrected chi connectivity index (χ1v) is 7.38. The predicted molar refractivity (Wildman–Crippen MR) is 84.5 cm³/mol. The Kier molecular flexibility index (Phi) is 4.34. The van der Waals surface area contributed by atoms with E-state index in [1.165, 1.54) is 18.3 Å². The Balaban J connectivity index is 1.85. The van der Waals surface area contributed by atoms with E-state index in [4.69, 9.17) is 11.6 Å². The summed E-state index contributed by atoms with van der Waals surface area (Å²) >= 11 is 5.90. The van der Waals surface area contributed by atoms with E-state index in [-0.39, 0.29) is 5.82 Å². The summed E-state index contributed by atoms with van der Waals surface area (Å²) in [5.74, 6) is 0.284. The summed E-state index contributed by atoms with van der Waals surface area (Å²) in [5, 5.41) is 10.8. The average Bonchev–Trinajstić information content (AvgIpc) is 3.03. The van der Waals surface area contributed by atoms with Crippen LogP contribution >= 0.6 is 11.6 Å². The first kappa shape index (κ1) is 16.5. The topological polar surface area (TPSA) is 48.9 Å². The molecule has 0 aliphatic heterocycles. The molecule has 1 atom stereocenters. The molecule has 2 N–H and O–H groups in total. The zero-order valence-corrected chi connectivity index (χ0v) is 12.9. The van der Waals surface area contributed by atoms with Crippen LogP contribution in [0.25, 0.3) is 11.3 Å². The number of aliphatic hydroxyl groups is 1. The maximum absolute atomic E-state index is 12.6. The molecule has 0 aliphatic carbocycles. The molecule has 1 unspecified atom stereocenters. The van der Waals surface area contributed by atoms with Crippen LogP contribution in [0.5, 0.6) is 0 Å². The van der Waals surface area contributed by atoms with Gasteiger partial charge in [0.15, 0.2) is 0 Å². The van der Waals surface area contributed by atoms with Crippen LogP contribution in [0, 0.1) is 0 Å². The maximum Gasteiger partial charge on any atom is 0.416 e. The van der Waals surface area contributed by atoms with Crippen LogP contribution in [-0.4, -0.2) is 15.1 Å². The molecule has 3 aromatic rings. The number of imidazole rings is 1. The van der Waals surface area contributed by atoms with E-state index < -0.39 is 17.8 Å². The summed E-state index contributed by atoms with van der Waals surface area (Å²) < 4.78 is 37.8. The lowest BCUT2D eigenvalue weighted by Gasteiger charge is -2.09. The number of aliphatic hydroxyl groups excluding tert-OH is 1. The highest BCUT2D eigenvalue weighted by atomic mass is 35.5. The van der Waals surface area contributed by atoms with Crippen LogP contribution < -0.4 is 0 Å². The van der Waals surface area contributed by atoms with Crippen molar-refractivity contribution < 1.29 is 18.3 Å². The summed E-state index contributed by atoms with van der Waals surface area (Å²) in [7, 11) is 0. The highest BCUT2D eigenvalue weighted by Crippen LogP contribution is 2.31. The van der Waals surface area contributed by atoms with Gasteiger partial charge >= 0.3 is 6.18 Å². The van der Waals surface area contributed by atoms with E-state index >= 15 is 0 Å². The van der Waals surface area contributed by atoms with Gasteiger partial charge < -0.3 is 10.1 Å². The molecule has 7 heteroatoms. The Bertz CT molecular complexity index is 844. The standard InChI is InChI=1S/C17H12ClF3N2O/c18-13-3-1-2-11(8-13)15(24)16-22-9-14(23-16)10-4-6-12(7-5-10)17(19,20)21/h1-9,15,24H,(H,22,23). The number of nitrogens with one attached hydrogen (secondary N) is 1. The fraction of sp³-hybridized carbons (Fsp3) is 0.118. The van der Waals surface area contributed by atoms with Crippen molar-refractivity contribution in [3.05, 3.63) is 76.7 Å². The molecule has 124 valence electrons. The molecule has 0 amide bonds. The van der Waals surface area contributed by atoms with Crippen molar-refractivity contribution in [1.29, 1.82) is 0 Å².